The fraction of sp³-hybridized carbons (Fsp3) is 0.875. The van der Waals surface area contributed by atoms with Crippen LogP contribution in [0.1, 0.15) is 26.7 Å². The van der Waals surface area contributed by atoms with E-state index < -0.39 is 0 Å². The molecule has 0 radical (unpaired) electrons. The number of hydrogen-bond donors (Lipinski definition) is 1. The third-order valence-corrected chi connectivity index (χ3v) is 2.29. The van der Waals surface area contributed by atoms with Crippen molar-refractivity contribution < 1.29 is 9.53 Å². The van der Waals surface area contributed by atoms with Gasteiger partial charge in [-0.3, -0.25) is 4.79 Å². The van der Waals surface area contributed by atoms with Gasteiger partial charge in [0.25, 0.3) is 0 Å². The zero-order valence-electron chi connectivity index (χ0n) is 7.50. The highest BCUT2D eigenvalue weighted by atomic mass is 35.5. The fourth-order valence-electron chi connectivity index (χ4n) is 1.52. The Morgan fingerprint density at radius 1 is 1.67 bits per heavy atom. The molecule has 1 fully saturated rings. The Balaban J connectivity index is 0.00000121. The molecular weight excluding hydrogens is 178 g/mol. The zero-order valence-corrected chi connectivity index (χ0v) is 8.32. The molecule has 1 atom stereocenters. The number of carbonyl (C=O) groups is 1. The first-order chi connectivity index (χ1) is 5.06. The van der Waals surface area contributed by atoms with Crippen molar-refractivity contribution in [2.45, 2.75) is 32.3 Å². The second-order valence-electron chi connectivity index (χ2n) is 3.56. The van der Waals surface area contributed by atoms with Gasteiger partial charge in [-0.25, -0.2) is 0 Å². The normalized spacial score (nSPS) is 26.2. The molecule has 1 unspecified atom stereocenters. The maximum atomic E-state index is 10.9. The summed E-state index contributed by atoms with van der Waals surface area (Å²) >= 11 is 0. The number of esters is 1. The molecule has 4 heteroatoms. The number of nitrogens with two attached hydrogens (primary N) is 1. The molecule has 0 bridgehead atoms. The van der Waals surface area contributed by atoms with E-state index in [0.29, 0.717) is 18.9 Å². The van der Waals surface area contributed by atoms with Crippen LogP contribution >= 0.6 is 12.4 Å². The predicted molar refractivity (Wildman–Crippen MR) is 49.2 cm³/mol. The molecule has 72 valence electrons. The monoisotopic (exact) mass is 193 g/mol. The highest BCUT2D eigenvalue weighted by Crippen LogP contribution is 2.34. The van der Waals surface area contributed by atoms with Crippen LogP contribution in [0.15, 0.2) is 0 Å². The van der Waals surface area contributed by atoms with Crippen molar-refractivity contribution in [2.75, 3.05) is 6.54 Å². The summed E-state index contributed by atoms with van der Waals surface area (Å²) in [5.74, 6) is 0.216. The first-order valence-electron chi connectivity index (χ1n) is 3.98. The average Bonchev–Trinajstić information content (AvgIpc) is 2.07. The second kappa shape index (κ2) is 4.10. The molecule has 2 N–H and O–H groups in total. The second-order valence-corrected chi connectivity index (χ2v) is 3.56. The van der Waals surface area contributed by atoms with Crippen molar-refractivity contribution >= 4 is 18.4 Å². The van der Waals surface area contributed by atoms with Crippen LogP contribution in [-0.4, -0.2) is 18.1 Å². The summed E-state index contributed by atoms with van der Waals surface area (Å²) in [6.45, 7) is 4.52. The van der Waals surface area contributed by atoms with Gasteiger partial charge in [-0.15, -0.1) is 12.4 Å². The summed E-state index contributed by atoms with van der Waals surface area (Å²) in [6.07, 6.45) is 1.41. The van der Waals surface area contributed by atoms with Crippen LogP contribution in [0.5, 0.6) is 0 Å². The number of hydrogen-bond acceptors (Lipinski definition) is 3. The number of cyclic esters (lactones) is 1. The third-order valence-electron chi connectivity index (χ3n) is 2.29. The third kappa shape index (κ3) is 2.35. The van der Waals surface area contributed by atoms with E-state index in [1.165, 1.54) is 0 Å². The van der Waals surface area contributed by atoms with Crippen LogP contribution in [0.25, 0.3) is 0 Å². The minimum absolute atomic E-state index is 0. The molecule has 3 nitrogen and oxygen atoms in total. The molecule has 0 aliphatic carbocycles. The van der Waals surface area contributed by atoms with Gasteiger partial charge in [0.1, 0.15) is 5.60 Å². The SMILES string of the molecule is CC1(C)OC(=O)CC1CCN.Cl. The smallest absolute Gasteiger partial charge is 0.306 e. The van der Waals surface area contributed by atoms with Crippen LogP contribution in [0, 0.1) is 5.92 Å². The van der Waals surface area contributed by atoms with Gasteiger partial charge in [-0.1, -0.05) is 0 Å². The molecule has 1 heterocycles. The Bertz CT molecular complexity index is 170. The Kier molecular flexibility index (Phi) is 4.00. The Hall–Kier alpha value is -0.280. The van der Waals surface area contributed by atoms with Crippen molar-refractivity contribution in [1.29, 1.82) is 0 Å². The molecule has 1 saturated heterocycles. The summed E-state index contributed by atoms with van der Waals surface area (Å²) in [4.78, 5) is 10.9. The molecule has 1 rings (SSSR count). The van der Waals surface area contributed by atoms with Gasteiger partial charge in [0.05, 0.1) is 6.42 Å². The van der Waals surface area contributed by atoms with E-state index in [2.05, 4.69) is 0 Å². The fourth-order valence-corrected chi connectivity index (χ4v) is 1.52. The van der Waals surface area contributed by atoms with Gasteiger partial charge in [0, 0.05) is 5.92 Å². The molecule has 0 aromatic heterocycles. The molecule has 1 aliphatic heterocycles. The lowest BCUT2D eigenvalue weighted by molar-refractivity contribution is -0.146. The largest absolute Gasteiger partial charge is 0.459 e. The van der Waals surface area contributed by atoms with Crippen molar-refractivity contribution in [2.24, 2.45) is 11.7 Å². The van der Waals surface area contributed by atoms with Gasteiger partial charge < -0.3 is 10.5 Å². The molecule has 0 spiro atoms. The molecular formula is C8H16ClNO2. The number of ether oxygens (including phenoxy) is 1. The minimum Gasteiger partial charge on any atom is -0.459 e. The van der Waals surface area contributed by atoms with Gasteiger partial charge in [0.15, 0.2) is 0 Å². The van der Waals surface area contributed by atoms with Crippen LogP contribution in [0.3, 0.4) is 0 Å². The number of carbonyl (C=O) groups excluding carboxylic acids is 1. The summed E-state index contributed by atoms with van der Waals surface area (Å²) in [7, 11) is 0. The van der Waals surface area contributed by atoms with Crippen LogP contribution in [0.2, 0.25) is 0 Å². The number of rotatable bonds is 2. The lowest BCUT2D eigenvalue weighted by atomic mass is 9.88. The summed E-state index contributed by atoms with van der Waals surface area (Å²) < 4.78 is 5.12. The lowest BCUT2D eigenvalue weighted by Crippen LogP contribution is -2.29. The van der Waals surface area contributed by atoms with E-state index in [4.69, 9.17) is 10.5 Å². The Morgan fingerprint density at radius 3 is 2.58 bits per heavy atom. The average molecular weight is 194 g/mol. The molecule has 1 aliphatic rings. The Labute approximate surface area is 79.1 Å². The summed E-state index contributed by atoms with van der Waals surface area (Å²) in [6, 6.07) is 0. The maximum absolute atomic E-state index is 10.9. The van der Waals surface area contributed by atoms with Gasteiger partial charge >= 0.3 is 5.97 Å². The van der Waals surface area contributed by atoms with Crippen LogP contribution in [0.4, 0.5) is 0 Å². The topological polar surface area (TPSA) is 52.3 Å². The summed E-state index contributed by atoms with van der Waals surface area (Å²) in [5, 5.41) is 0. The molecule has 0 aromatic carbocycles. The predicted octanol–water partition coefficient (Wildman–Crippen LogP) is 1.10. The first kappa shape index (κ1) is 11.7. The van der Waals surface area contributed by atoms with Crippen molar-refractivity contribution in [3.05, 3.63) is 0 Å². The van der Waals surface area contributed by atoms with Crippen LogP contribution < -0.4 is 5.73 Å². The van der Waals surface area contributed by atoms with E-state index in [1.807, 2.05) is 13.8 Å². The quantitative estimate of drug-likeness (QED) is 0.669. The summed E-state index contributed by atoms with van der Waals surface area (Å²) in [5.41, 5.74) is 5.11. The van der Waals surface area contributed by atoms with Crippen molar-refractivity contribution in [3.8, 4) is 0 Å². The lowest BCUT2D eigenvalue weighted by Gasteiger charge is -2.23. The highest BCUT2D eigenvalue weighted by Gasteiger charge is 2.40. The maximum Gasteiger partial charge on any atom is 0.306 e. The van der Waals surface area contributed by atoms with Gasteiger partial charge in [-0.05, 0) is 26.8 Å². The van der Waals surface area contributed by atoms with Gasteiger partial charge in [-0.2, -0.15) is 0 Å². The van der Waals surface area contributed by atoms with E-state index in [1.54, 1.807) is 0 Å². The Morgan fingerprint density at radius 2 is 2.25 bits per heavy atom. The molecule has 0 amide bonds. The van der Waals surface area contributed by atoms with E-state index in [9.17, 15) is 4.79 Å². The highest BCUT2D eigenvalue weighted by molar-refractivity contribution is 5.85. The van der Waals surface area contributed by atoms with Crippen molar-refractivity contribution in [3.63, 3.8) is 0 Å². The van der Waals surface area contributed by atoms with Crippen LogP contribution in [-0.2, 0) is 9.53 Å². The molecule has 0 aromatic rings. The first-order valence-corrected chi connectivity index (χ1v) is 3.98. The van der Waals surface area contributed by atoms with E-state index >= 15 is 0 Å². The van der Waals surface area contributed by atoms with E-state index in [-0.39, 0.29) is 24.0 Å². The minimum atomic E-state index is -0.295. The molecule has 12 heavy (non-hydrogen) atoms. The zero-order chi connectivity index (χ0) is 8.48. The molecule has 0 saturated carbocycles. The standard InChI is InChI=1S/C8H15NO2.ClH/c1-8(2)6(3-4-9)5-7(10)11-8;/h6H,3-5,9H2,1-2H3;1H. The number of halogens is 1. The van der Waals surface area contributed by atoms with E-state index in [0.717, 1.165) is 6.42 Å². The van der Waals surface area contributed by atoms with Gasteiger partial charge in [0.2, 0.25) is 0 Å². The van der Waals surface area contributed by atoms with Crippen molar-refractivity contribution in [1.82, 2.24) is 0 Å².